The van der Waals surface area contributed by atoms with Gasteiger partial charge in [0.1, 0.15) is 17.6 Å². The third kappa shape index (κ3) is 5.39. The van der Waals surface area contributed by atoms with Gasteiger partial charge >= 0.3 is 6.03 Å². The molecule has 2 amide bonds. The van der Waals surface area contributed by atoms with Gasteiger partial charge in [0.15, 0.2) is 0 Å². The van der Waals surface area contributed by atoms with E-state index in [-0.39, 0.29) is 18.1 Å². The van der Waals surface area contributed by atoms with E-state index < -0.39 is 0 Å². The predicted molar refractivity (Wildman–Crippen MR) is 154 cm³/mol. The minimum Gasteiger partial charge on any atom is -0.493 e. The summed E-state index contributed by atoms with van der Waals surface area (Å²) in [7, 11) is 0. The third-order valence-corrected chi connectivity index (χ3v) is 7.58. The van der Waals surface area contributed by atoms with Gasteiger partial charge in [-0.05, 0) is 66.4 Å². The highest BCUT2D eigenvalue weighted by molar-refractivity contribution is 6.30. The number of benzene rings is 3. The van der Waals surface area contributed by atoms with Crippen LogP contribution in [0.1, 0.15) is 48.2 Å². The van der Waals surface area contributed by atoms with Crippen molar-refractivity contribution in [3.05, 3.63) is 99.0 Å². The number of carbonyl (C=O) groups is 1. The van der Waals surface area contributed by atoms with Gasteiger partial charge in [0.05, 0.1) is 18.2 Å². The number of hydrogen-bond acceptors (Lipinski definition) is 4. The Labute approximate surface area is 234 Å². The molecule has 0 unspecified atom stereocenters. The molecule has 38 heavy (non-hydrogen) atoms. The zero-order chi connectivity index (χ0) is 26.6. The molecule has 0 radical (unpaired) electrons. The van der Waals surface area contributed by atoms with E-state index in [1.54, 1.807) is 0 Å². The van der Waals surface area contributed by atoms with Crippen molar-refractivity contribution in [2.45, 2.75) is 32.4 Å². The van der Waals surface area contributed by atoms with Crippen LogP contribution in [0.4, 0.5) is 4.79 Å². The second kappa shape index (κ2) is 11.8. The number of aryl methyl sites for hydroxylation is 1. The van der Waals surface area contributed by atoms with Gasteiger partial charge in [0.2, 0.25) is 0 Å². The fraction of sp³-hybridized carbons (Fsp3) is 0.333. The molecule has 8 heteroatoms. The lowest BCUT2D eigenvalue weighted by Gasteiger charge is -2.36. The van der Waals surface area contributed by atoms with Crippen molar-refractivity contribution in [1.29, 1.82) is 0 Å². The summed E-state index contributed by atoms with van der Waals surface area (Å²) in [6.07, 6.45) is 0.886. The number of nitrogens with zero attached hydrogens (tertiary/aromatic N) is 3. The van der Waals surface area contributed by atoms with Crippen LogP contribution in [0.3, 0.4) is 0 Å². The lowest BCUT2D eigenvalue weighted by atomic mass is 9.93. The van der Waals surface area contributed by atoms with Gasteiger partial charge in [-0.25, -0.2) is 4.79 Å². The molecule has 2 atom stereocenters. The van der Waals surface area contributed by atoms with Gasteiger partial charge in [-0.15, -0.1) is 0 Å². The molecule has 1 saturated heterocycles. The molecule has 0 saturated carbocycles. The number of piperazine rings is 1. The van der Waals surface area contributed by atoms with E-state index in [1.165, 1.54) is 5.56 Å². The second-order valence-corrected chi connectivity index (χ2v) is 10.3. The first-order chi connectivity index (χ1) is 18.5. The summed E-state index contributed by atoms with van der Waals surface area (Å²) in [5.41, 5.74) is 3.91. The van der Waals surface area contributed by atoms with Gasteiger partial charge in [-0.2, -0.15) is 0 Å². The van der Waals surface area contributed by atoms with E-state index >= 15 is 0 Å². The molecule has 1 fully saturated rings. The Bertz CT molecular complexity index is 1300. The molecule has 198 valence electrons. The number of urea groups is 1. The summed E-state index contributed by atoms with van der Waals surface area (Å²) in [5.74, 6) is 1.34. The van der Waals surface area contributed by atoms with Crippen LogP contribution in [0.2, 0.25) is 10.0 Å². The molecular formula is C30H32Cl2N4O2. The number of hydrogen-bond donors (Lipinski definition) is 1. The Hall–Kier alpha value is -3.06. The minimum atomic E-state index is -0.369. The Balaban J connectivity index is 1.69. The summed E-state index contributed by atoms with van der Waals surface area (Å²) in [6.45, 7) is 7.38. The van der Waals surface area contributed by atoms with Gasteiger partial charge in [0.25, 0.3) is 0 Å². The maximum absolute atomic E-state index is 14.3. The zero-order valence-corrected chi connectivity index (χ0v) is 23.2. The molecule has 6 nitrogen and oxygen atoms in total. The van der Waals surface area contributed by atoms with Crippen LogP contribution >= 0.6 is 23.2 Å². The molecule has 5 rings (SSSR count). The predicted octanol–water partition coefficient (Wildman–Crippen LogP) is 6.52. The van der Waals surface area contributed by atoms with E-state index in [1.807, 2.05) is 71.3 Å². The van der Waals surface area contributed by atoms with E-state index in [0.717, 1.165) is 42.0 Å². The number of halogens is 2. The summed E-state index contributed by atoms with van der Waals surface area (Å²) in [5, 5.41) is 4.64. The lowest BCUT2D eigenvalue weighted by molar-refractivity contribution is 0.157. The zero-order valence-electron chi connectivity index (χ0n) is 21.7. The Kier molecular flexibility index (Phi) is 8.22. The fourth-order valence-corrected chi connectivity index (χ4v) is 5.36. The molecule has 0 bridgehead atoms. The molecule has 0 aromatic heterocycles. The Morgan fingerprint density at radius 3 is 2.18 bits per heavy atom. The molecular weight excluding hydrogens is 519 g/mol. The highest BCUT2D eigenvalue weighted by Gasteiger charge is 2.44. The summed E-state index contributed by atoms with van der Waals surface area (Å²) in [4.78, 5) is 23.3. The van der Waals surface area contributed by atoms with Gasteiger partial charge in [-0.3, -0.25) is 9.89 Å². The number of ether oxygens (including phenoxy) is 1. The number of nitrogens with one attached hydrogen (secondary N) is 1. The van der Waals surface area contributed by atoms with E-state index in [4.69, 9.17) is 32.9 Å². The van der Waals surface area contributed by atoms with Crippen LogP contribution in [0, 0.1) is 0 Å². The lowest BCUT2D eigenvalue weighted by Crippen LogP contribution is -2.53. The normalized spacial score (nSPS) is 19.4. The second-order valence-electron chi connectivity index (χ2n) is 9.45. The third-order valence-electron chi connectivity index (χ3n) is 7.08. The average Bonchev–Trinajstić information content (AvgIpc) is 3.34. The van der Waals surface area contributed by atoms with Crippen molar-refractivity contribution in [3.63, 3.8) is 0 Å². The van der Waals surface area contributed by atoms with Crippen LogP contribution in [-0.4, -0.2) is 54.5 Å². The van der Waals surface area contributed by atoms with Crippen LogP contribution in [0.25, 0.3) is 0 Å². The summed E-state index contributed by atoms with van der Waals surface area (Å²) in [6, 6.07) is 20.8. The van der Waals surface area contributed by atoms with Crippen molar-refractivity contribution in [2.75, 3.05) is 32.8 Å². The topological polar surface area (TPSA) is 57.2 Å². The molecule has 3 aromatic carbocycles. The molecule has 3 aromatic rings. The molecule has 1 N–H and O–H groups in total. The molecule has 0 aliphatic carbocycles. The van der Waals surface area contributed by atoms with E-state index in [9.17, 15) is 4.79 Å². The largest absolute Gasteiger partial charge is 0.493 e. The Morgan fingerprint density at radius 2 is 1.58 bits per heavy atom. The van der Waals surface area contributed by atoms with Gasteiger partial charge in [-0.1, -0.05) is 60.5 Å². The van der Waals surface area contributed by atoms with E-state index in [2.05, 4.69) is 24.4 Å². The Morgan fingerprint density at radius 1 is 0.947 bits per heavy atom. The number of amidine groups is 1. The van der Waals surface area contributed by atoms with Gasteiger partial charge < -0.3 is 15.0 Å². The summed E-state index contributed by atoms with van der Waals surface area (Å²) >= 11 is 12.5. The first-order valence-corrected chi connectivity index (χ1v) is 13.9. The van der Waals surface area contributed by atoms with Crippen molar-refractivity contribution in [3.8, 4) is 5.75 Å². The highest BCUT2D eigenvalue weighted by Crippen LogP contribution is 2.45. The van der Waals surface area contributed by atoms with Crippen LogP contribution in [0.5, 0.6) is 5.75 Å². The molecule has 2 heterocycles. The minimum absolute atomic E-state index is 0.0660. The molecule has 0 spiro atoms. The summed E-state index contributed by atoms with van der Waals surface area (Å²) < 4.78 is 6.10. The maximum Gasteiger partial charge on any atom is 0.326 e. The van der Waals surface area contributed by atoms with Crippen LogP contribution < -0.4 is 10.1 Å². The quantitative estimate of drug-likeness (QED) is 0.379. The highest BCUT2D eigenvalue weighted by atomic mass is 35.5. The van der Waals surface area contributed by atoms with Crippen molar-refractivity contribution >= 4 is 35.1 Å². The number of carbonyl (C=O) groups excluding carboxylic acids is 1. The standard InChI is InChI=1S/C30H32Cl2N4O2/c1-3-20-5-14-25(26(19-20)38-4-2)29-34-27(21-6-10-23(31)11-7-21)28(22-8-12-24(32)13-9-22)36(29)30(37)35-17-15-33-16-18-35/h5-14,19,27-28,33H,3-4,15-18H2,1-2H3/t27-,28+/m1/s1. The van der Waals surface area contributed by atoms with Crippen molar-refractivity contribution < 1.29 is 9.53 Å². The number of amides is 2. The first kappa shape index (κ1) is 26.5. The van der Waals surface area contributed by atoms with Gasteiger partial charge in [0, 0.05) is 36.2 Å². The van der Waals surface area contributed by atoms with Crippen LogP contribution in [0.15, 0.2) is 71.7 Å². The SMILES string of the molecule is CCOc1cc(CC)ccc1C1=N[C@H](c2ccc(Cl)cc2)[C@H](c2ccc(Cl)cc2)N1C(=O)N1CCNCC1. The monoisotopic (exact) mass is 550 g/mol. The number of aliphatic imine (C=N–C) groups is 1. The van der Waals surface area contributed by atoms with Crippen molar-refractivity contribution in [2.24, 2.45) is 4.99 Å². The average molecular weight is 552 g/mol. The fourth-order valence-electron chi connectivity index (χ4n) is 5.11. The molecule has 2 aliphatic rings. The van der Waals surface area contributed by atoms with E-state index in [0.29, 0.717) is 35.6 Å². The number of rotatable bonds is 6. The molecule has 2 aliphatic heterocycles. The van der Waals surface area contributed by atoms with Crippen molar-refractivity contribution in [1.82, 2.24) is 15.1 Å². The van der Waals surface area contributed by atoms with Crippen LogP contribution in [-0.2, 0) is 6.42 Å². The first-order valence-electron chi connectivity index (χ1n) is 13.1. The maximum atomic E-state index is 14.3. The smallest absolute Gasteiger partial charge is 0.326 e.